The Bertz CT molecular complexity index is 1580. The number of carbonyl (C=O) groups is 1. The predicted molar refractivity (Wildman–Crippen MR) is 144 cm³/mol. The molecule has 40 heavy (non-hydrogen) atoms. The standard InChI is InChI=1S/C29H27F2N3O5S/c1-37-22-9-15(28(35)36)10-23-26(22)32-29(40-23)34-16-7-8-17(34)12-18(11-16)38-13-19-25(33-39-27(19)14-5-6-14)24-20(30)3-2-4-21(24)31/h2-4,9-10,14,16-18H,5-8,11-13H2,1H3,(H,35,36)/t16-,17-/m0/s1. The van der Waals surface area contributed by atoms with Gasteiger partial charge in [-0.3, -0.25) is 0 Å². The van der Waals surface area contributed by atoms with Crippen LogP contribution in [0.3, 0.4) is 0 Å². The van der Waals surface area contributed by atoms with Crippen LogP contribution < -0.4 is 9.64 Å². The second-order valence-corrected chi connectivity index (χ2v) is 11.8. The number of rotatable bonds is 8. The van der Waals surface area contributed by atoms with E-state index in [0.29, 0.717) is 22.6 Å². The Labute approximate surface area is 232 Å². The number of carboxylic acids is 1. The first-order valence-electron chi connectivity index (χ1n) is 13.5. The zero-order valence-corrected chi connectivity index (χ0v) is 22.5. The second-order valence-electron chi connectivity index (χ2n) is 10.8. The Hall–Kier alpha value is -3.57. The number of nitrogens with zero attached hydrogens (tertiary/aromatic N) is 3. The van der Waals surface area contributed by atoms with Crippen molar-refractivity contribution in [2.75, 3.05) is 12.0 Å². The lowest BCUT2D eigenvalue weighted by Crippen LogP contribution is -2.45. The summed E-state index contributed by atoms with van der Waals surface area (Å²) in [5.41, 5.74) is 1.47. The number of carboxylic acid groups (broad SMARTS) is 1. The molecule has 0 unspecified atom stereocenters. The van der Waals surface area contributed by atoms with Gasteiger partial charge in [0.1, 0.15) is 34.4 Å². The molecule has 0 amide bonds. The first-order valence-corrected chi connectivity index (χ1v) is 14.3. The van der Waals surface area contributed by atoms with E-state index in [4.69, 9.17) is 19.0 Å². The number of benzene rings is 2. The maximum atomic E-state index is 14.6. The van der Waals surface area contributed by atoms with Gasteiger partial charge in [-0.1, -0.05) is 22.6 Å². The Morgan fingerprint density at radius 2 is 1.88 bits per heavy atom. The highest BCUT2D eigenvalue weighted by Crippen LogP contribution is 2.47. The number of hydrogen-bond donors (Lipinski definition) is 1. The van der Waals surface area contributed by atoms with Gasteiger partial charge < -0.3 is 24.0 Å². The van der Waals surface area contributed by atoms with Crippen molar-refractivity contribution < 1.29 is 32.7 Å². The van der Waals surface area contributed by atoms with Crippen molar-refractivity contribution in [3.8, 4) is 17.0 Å². The van der Waals surface area contributed by atoms with Gasteiger partial charge in [0, 0.05) is 23.6 Å². The molecule has 0 spiro atoms. The van der Waals surface area contributed by atoms with Crippen LogP contribution in [0, 0.1) is 11.6 Å². The van der Waals surface area contributed by atoms with Crippen molar-refractivity contribution >= 4 is 32.7 Å². The van der Waals surface area contributed by atoms with E-state index in [2.05, 4.69) is 10.1 Å². The zero-order chi connectivity index (χ0) is 27.5. The molecule has 1 aliphatic carbocycles. The number of thiazole rings is 1. The van der Waals surface area contributed by atoms with Crippen LogP contribution in [-0.2, 0) is 11.3 Å². The molecule has 1 saturated carbocycles. The monoisotopic (exact) mass is 567 g/mol. The third-order valence-electron chi connectivity index (χ3n) is 8.26. The van der Waals surface area contributed by atoms with Crippen LogP contribution in [0.2, 0.25) is 0 Å². The topological polar surface area (TPSA) is 97.9 Å². The maximum Gasteiger partial charge on any atom is 0.335 e. The summed E-state index contributed by atoms with van der Waals surface area (Å²) in [4.78, 5) is 18.8. The van der Waals surface area contributed by atoms with E-state index < -0.39 is 17.6 Å². The molecule has 2 bridgehead atoms. The number of ether oxygens (including phenoxy) is 2. The van der Waals surface area contributed by atoms with Crippen LogP contribution in [0.25, 0.3) is 21.5 Å². The Kier molecular flexibility index (Phi) is 6.23. The summed E-state index contributed by atoms with van der Waals surface area (Å²) in [6.45, 7) is 0.179. The number of aromatic carboxylic acids is 1. The minimum Gasteiger partial charge on any atom is -0.494 e. The summed E-state index contributed by atoms with van der Waals surface area (Å²) in [6, 6.07) is 7.38. The van der Waals surface area contributed by atoms with Crippen LogP contribution in [-0.4, -0.2) is 46.5 Å². The molecule has 4 aromatic rings. The summed E-state index contributed by atoms with van der Waals surface area (Å²) in [6.07, 6.45) is 5.48. The molecule has 2 atom stereocenters. The average molecular weight is 568 g/mol. The zero-order valence-electron chi connectivity index (χ0n) is 21.7. The van der Waals surface area contributed by atoms with Crippen LogP contribution in [0.4, 0.5) is 13.9 Å². The highest BCUT2D eigenvalue weighted by atomic mass is 32.1. The molecule has 2 aliphatic heterocycles. The first-order chi connectivity index (χ1) is 19.4. The minimum atomic E-state index is -1.01. The molecule has 7 rings (SSSR count). The van der Waals surface area contributed by atoms with Crippen LogP contribution in [0.15, 0.2) is 34.9 Å². The summed E-state index contributed by atoms with van der Waals surface area (Å²) in [5.74, 6) is -1.03. The lowest BCUT2D eigenvalue weighted by molar-refractivity contribution is 0.0147. The summed E-state index contributed by atoms with van der Waals surface area (Å²) < 4.78 is 47.5. The molecule has 3 fully saturated rings. The normalized spacial score (nSPS) is 22.3. The van der Waals surface area contributed by atoms with Gasteiger partial charge in [-0.25, -0.2) is 18.6 Å². The van der Waals surface area contributed by atoms with Crippen molar-refractivity contribution in [1.82, 2.24) is 10.1 Å². The largest absolute Gasteiger partial charge is 0.494 e. The van der Waals surface area contributed by atoms with Gasteiger partial charge in [0.2, 0.25) is 0 Å². The van der Waals surface area contributed by atoms with E-state index in [1.165, 1.54) is 42.7 Å². The molecule has 1 N–H and O–H groups in total. The number of fused-ring (bicyclic) bond motifs is 3. The Morgan fingerprint density at radius 3 is 2.52 bits per heavy atom. The highest BCUT2D eigenvalue weighted by Gasteiger charge is 2.43. The predicted octanol–water partition coefficient (Wildman–Crippen LogP) is 6.53. The lowest BCUT2D eigenvalue weighted by atomic mass is 10.00. The number of anilines is 1. The fourth-order valence-corrected chi connectivity index (χ4v) is 7.37. The average Bonchev–Trinajstić information content (AvgIpc) is 3.46. The molecular formula is C29H27F2N3O5S. The van der Waals surface area contributed by atoms with Gasteiger partial charge in [0.05, 0.1) is 35.6 Å². The molecule has 2 saturated heterocycles. The first kappa shape index (κ1) is 25.4. The number of methoxy groups -OCH3 is 1. The van der Waals surface area contributed by atoms with Gasteiger partial charge >= 0.3 is 5.97 Å². The maximum absolute atomic E-state index is 14.6. The third-order valence-corrected chi connectivity index (χ3v) is 9.27. The van der Waals surface area contributed by atoms with E-state index >= 15 is 0 Å². The smallest absolute Gasteiger partial charge is 0.335 e. The van der Waals surface area contributed by atoms with E-state index in [9.17, 15) is 18.7 Å². The van der Waals surface area contributed by atoms with Gasteiger partial charge in [-0.05, 0) is 62.8 Å². The summed E-state index contributed by atoms with van der Waals surface area (Å²) in [5, 5.41) is 14.4. The molecule has 11 heteroatoms. The molecular weight excluding hydrogens is 540 g/mol. The van der Waals surface area contributed by atoms with Crippen molar-refractivity contribution in [3.05, 3.63) is 58.9 Å². The van der Waals surface area contributed by atoms with Crippen molar-refractivity contribution in [2.45, 2.75) is 69.2 Å². The van der Waals surface area contributed by atoms with E-state index in [0.717, 1.165) is 48.4 Å². The van der Waals surface area contributed by atoms with Crippen LogP contribution in [0.1, 0.15) is 66.1 Å². The number of hydrogen-bond acceptors (Lipinski definition) is 8. The van der Waals surface area contributed by atoms with Crippen molar-refractivity contribution in [3.63, 3.8) is 0 Å². The molecule has 4 heterocycles. The molecule has 208 valence electrons. The second kappa shape index (κ2) is 9.81. The number of aromatic nitrogens is 2. The van der Waals surface area contributed by atoms with Crippen molar-refractivity contribution in [2.24, 2.45) is 0 Å². The fourth-order valence-electron chi connectivity index (χ4n) is 6.20. The Balaban J connectivity index is 1.11. The lowest BCUT2D eigenvalue weighted by Gasteiger charge is -2.38. The Morgan fingerprint density at radius 1 is 1.15 bits per heavy atom. The molecule has 3 aliphatic rings. The van der Waals surface area contributed by atoms with Gasteiger partial charge in [0.15, 0.2) is 5.13 Å². The fraction of sp³-hybridized carbons (Fsp3) is 0.414. The summed E-state index contributed by atoms with van der Waals surface area (Å²) >= 11 is 1.48. The van der Waals surface area contributed by atoms with Gasteiger partial charge in [0.25, 0.3) is 0 Å². The minimum absolute atomic E-state index is 0.0310. The quantitative estimate of drug-likeness (QED) is 0.257. The SMILES string of the molecule is COc1cc(C(=O)O)cc2sc(N3[C@H]4CC[C@H]3CC(OCc3c(-c5c(F)cccc5F)noc3C3CC3)C4)nc12. The van der Waals surface area contributed by atoms with Crippen LogP contribution >= 0.6 is 11.3 Å². The third kappa shape index (κ3) is 4.32. The summed E-state index contributed by atoms with van der Waals surface area (Å²) in [7, 11) is 1.52. The molecule has 0 radical (unpaired) electrons. The molecule has 2 aromatic carbocycles. The molecule has 2 aromatic heterocycles. The van der Waals surface area contributed by atoms with E-state index in [1.807, 2.05) is 0 Å². The van der Waals surface area contributed by atoms with Gasteiger partial charge in [-0.15, -0.1) is 0 Å². The van der Waals surface area contributed by atoms with Crippen molar-refractivity contribution in [1.29, 1.82) is 0 Å². The van der Waals surface area contributed by atoms with E-state index in [-0.39, 0.29) is 47.5 Å². The van der Waals surface area contributed by atoms with Gasteiger partial charge in [-0.2, -0.15) is 0 Å². The highest BCUT2D eigenvalue weighted by molar-refractivity contribution is 7.22. The van der Waals surface area contributed by atoms with E-state index in [1.54, 1.807) is 6.07 Å². The van der Waals surface area contributed by atoms with Crippen LogP contribution in [0.5, 0.6) is 5.75 Å². The molecule has 8 nitrogen and oxygen atoms in total. The number of halogens is 2. The number of piperidine rings is 1.